The SMILES string of the molecule is COc1c(F)c(Cl)cc(C(O)C(=O)O)c1F. The van der Waals surface area contributed by atoms with Gasteiger partial charge >= 0.3 is 5.97 Å². The Kier molecular flexibility index (Phi) is 3.66. The van der Waals surface area contributed by atoms with Crippen molar-refractivity contribution in [3.63, 3.8) is 0 Å². The topological polar surface area (TPSA) is 66.8 Å². The van der Waals surface area contributed by atoms with Gasteiger partial charge in [0.1, 0.15) is 0 Å². The first-order valence-corrected chi connectivity index (χ1v) is 4.40. The van der Waals surface area contributed by atoms with Crippen LogP contribution in [0, 0.1) is 11.6 Å². The van der Waals surface area contributed by atoms with Gasteiger partial charge in [-0.3, -0.25) is 0 Å². The van der Waals surface area contributed by atoms with Crippen molar-refractivity contribution in [3.8, 4) is 5.75 Å². The zero-order chi connectivity index (χ0) is 12.5. The maximum Gasteiger partial charge on any atom is 0.337 e. The van der Waals surface area contributed by atoms with Gasteiger partial charge in [-0.1, -0.05) is 11.6 Å². The van der Waals surface area contributed by atoms with Crippen LogP contribution in [0.4, 0.5) is 8.78 Å². The number of rotatable bonds is 3. The molecule has 0 radical (unpaired) electrons. The maximum absolute atomic E-state index is 13.5. The number of ether oxygens (including phenoxy) is 1. The van der Waals surface area contributed by atoms with E-state index in [1.807, 2.05) is 0 Å². The number of benzene rings is 1. The molecule has 1 rings (SSSR count). The van der Waals surface area contributed by atoms with E-state index in [1.165, 1.54) is 0 Å². The zero-order valence-corrected chi connectivity index (χ0v) is 8.76. The molecule has 88 valence electrons. The number of carboxylic acids is 1. The molecule has 0 amide bonds. The van der Waals surface area contributed by atoms with E-state index < -0.39 is 40.0 Å². The van der Waals surface area contributed by atoms with Crippen molar-refractivity contribution in [2.75, 3.05) is 7.11 Å². The Morgan fingerprint density at radius 1 is 1.50 bits per heavy atom. The number of aliphatic hydroxyl groups excluding tert-OH is 1. The number of halogens is 3. The monoisotopic (exact) mass is 252 g/mol. The van der Waals surface area contributed by atoms with Gasteiger partial charge in [-0.2, -0.15) is 0 Å². The second kappa shape index (κ2) is 4.63. The number of aliphatic carboxylic acids is 1. The molecule has 0 saturated carbocycles. The van der Waals surface area contributed by atoms with Crippen molar-refractivity contribution < 1.29 is 28.5 Å². The molecule has 0 aliphatic heterocycles. The van der Waals surface area contributed by atoms with Crippen LogP contribution in [0.25, 0.3) is 0 Å². The summed E-state index contributed by atoms with van der Waals surface area (Å²) < 4.78 is 31.0. The summed E-state index contributed by atoms with van der Waals surface area (Å²) in [6.07, 6.45) is -2.13. The molecule has 0 saturated heterocycles. The Hall–Kier alpha value is -1.40. The summed E-state index contributed by atoms with van der Waals surface area (Å²) in [6, 6.07) is 0.702. The molecule has 2 N–H and O–H groups in total. The van der Waals surface area contributed by atoms with Crippen LogP contribution in [0.2, 0.25) is 5.02 Å². The summed E-state index contributed by atoms with van der Waals surface area (Å²) in [7, 11) is 0.995. The molecule has 0 bridgehead atoms. The average Bonchev–Trinajstić information content (AvgIpc) is 2.23. The lowest BCUT2D eigenvalue weighted by Crippen LogP contribution is -2.13. The van der Waals surface area contributed by atoms with Crippen molar-refractivity contribution in [2.45, 2.75) is 6.10 Å². The van der Waals surface area contributed by atoms with Gasteiger partial charge in [0, 0.05) is 5.56 Å². The molecular formula is C9H7ClF2O4. The maximum atomic E-state index is 13.5. The van der Waals surface area contributed by atoms with E-state index in [0.29, 0.717) is 6.07 Å². The number of methoxy groups -OCH3 is 1. The third kappa shape index (κ3) is 2.07. The molecule has 0 aliphatic rings. The van der Waals surface area contributed by atoms with Crippen molar-refractivity contribution in [3.05, 3.63) is 28.3 Å². The number of carboxylic acid groups (broad SMARTS) is 1. The molecule has 4 nitrogen and oxygen atoms in total. The van der Waals surface area contributed by atoms with Crippen molar-refractivity contribution in [1.82, 2.24) is 0 Å². The van der Waals surface area contributed by atoms with E-state index in [4.69, 9.17) is 21.8 Å². The van der Waals surface area contributed by atoms with Crippen LogP contribution in [0.3, 0.4) is 0 Å². The highest BCUT2D eigenvalue weighted by Crippen LogP contribution is 2.33. The average molecular weight is 253 g/mol. The molecule has 0 heterocycles. The Balaban J connectivity index is 3.42. The Morgan fingerprint density at radius 2 is 2.06 bits per heavy atom. The summed E-state index contributed by atoms with van der Waals surface area (Å²) in [5, 5.41) is 17.1. The van der Waals surface area contributed by atoms with E-state index >= 15 is 0 Å². The lowest BCUT2D eigenvalue weighted by molar-refractivity contribution is -0.147. The van der Waals surface area contributed by atoms with Crippen LogP contribution in [0.1, 0.15) is 11.7 Å². The van der Waals surface area contributed by atoms with E-state index in [-0.39, 0.29) is 0 Å². The third-order valence-corrected chi connectivity index (χ3v) is 2.15. The molecule has 0 fully saturated rings. The van der Waals surface area contributed by atoms with Gasteiger partial charge in [0.05, 0.1) is 12.1 Å². The van der Waals surface area contributed by atoms with Crippen LogP contribution in [-0.2, 0) is 4.79 Å². The molecule has 16 heavy (non-hydrogen) atoms. The highest BCUT2D eigenvalue weighted by atomic mass is 35.5. The van der Waals surface area contributed by atoms with Crippen molar-refractivity contribution in [2.24, 2.45) is 0 Å². The molecule has 1 aromatic carbocycles. The Labute approximate surface area is 94.0 Å². The molecule has 1 unspecified atom stereocenters. The molecule has 7 heteroatoms. The lowest BCUT2D eigenvalue weighted by atomic mass is 10.1. The fourth-order valence-electron chi connectivity index (χ4n) is 1.11. The largest absolute Gasteiger partial charge is 0.491 e. The zero-order valence-electron chi connectivity index (χ0n) is 8.00. The minimum atomic E-state index is -2.13. The number of aliphatic hydroxyl groups is 1. The summed E-state index contributed by atoms with van der Waals surface area (Å²) in [4.78, 5) is 10.5. The number of carbonyl (C=O) groups is 1. The highest BCUT2D eigenvalue weighted by molar-refractivity contribution is 6.31. The van der Waals surface area contributed by atoms with Gasteiger partial charge in [0.25, 0.3) is 0 Å². The lowest BCUT2D eigenvalue weighted by Gasteiger charge is -2.12. The van der Waals surface area contributed by atoms with E-state index in [9.17, 15) is 13.6 Å². The standard InChI is InChI=1S/C9H7ClF2O4/c1-16-8-5(11)3(7(13)9(14)15)2-4(10)6(8)12/h2,7,13H,1H3,(H,14,15). The van der Waals surface area contributed by atoms with Gasteiger partial charge in [-0.05, 0) is 6.07 Å². The van der Waals surface area contributed by atoms with Crippen LogP contribution in [0.5, 0.6) is 5.75 Å². The second-order valence-corrected chi connectivity index (χ2v) is 3.26. The minimum Gasteiger partial charge on any atom is -0.491 e. The van der Waals surface area contributed by atoms with Gasteiger partial charge < -0.3 is 14.9 Å². The summed E-state index contributed by atoms with van der Waals surface area (Å²) in [6.45, 7) is 0. The first-order valence-electron chi connectivity index (χ1n) is 4.02. The van der Waals surface area contributed by atoms with Gasteiger partial charge in [0.2, 0.25) is 0 Å². The summed E-state index contributed by atoms with van der Waals surface area (Å²) >= 11 is 5.39. The predicted molar refractivity (Wildman–Crippen MR) is 50.5 cm³/mol. The van der Waals surface area contributed by atoms with Gasteiger partial charge in [-0.15, -0.1) is 0 Å². The van der Waals surface area contributed by atoms with Gasteiger partial charge in [-0.25, -0.2) is 13.6 Å². The molecule has 1 aromatic rings. The predicted octanol–water partition coefficient (Wildman–Crippen LogP) is 1.74. The quantitative estimate of drug-likeness (QED) is 0.804. The first kappa shape index (κ1) is 12.7. The fourth-order valence-corrected chi connectivity index (χ4v) is 1.31. The van der Waals surface area contributed by atoms with Crippen LogP contribution in [-0.4, -0.2) is 23.3 Å². The normalized spacial score (nSPS) is 12.3. The third-order valence-electron chi connectivity index (χ3n) is 1.88. The minimum absolute atomic E-state index is 0.534. The van der Waals surface area contributed by atoms with Crippen molar-refractivity contribution in [1.29, 1.82) is 0 Å². The molecule has 0 aromatic heterocycles. The Morgan fingerprint density at radius 3 is 2.50 bits per heavy atom. The van der Waals surface area contributed by atoms with Crippen LogP contribution < -0.4 is 4.74 Å². The summed E-state index contributed by atoms with van der Waals surface area (Å²) in [5.74, 6) is -4.95. The smallest absolute Gasteiger partial charge is 0.337 e. The van der Waals surface area contributed by atoms with E-state index in [2.05, 4.69) is 4.74 Å². The van der Waals surface area contributed by atoms with Crippen LogP contribution in [0.15, 0.2) is 6.07 Å². The van der Waals surface area contributed by atoms with Crippen LogP contribution >= 0.6 is 11.6 Å². The fraction of sp³-hybridized carbons (Fsp3) is 0.222. The highest BCUT2D eigenvalue weighted by Gasteiger charge is 2.26. The van der Waals surface area contributed by atoms with E-state index in [0.717, 1.165) is 7.11 Å². The molecule has 1 atom stereocenters. The molecular weight excluding hydrogens is 246 g/mol. The molecule has 0 aliphatic carbocycles. The number of hydrogen-bond acceptors (Lipinski definition) is 3. The second-order valence-electron chi connectivity index (χ2n) is 2.85. The number of hydrogen-bond donors (Lipinski definition) is 2. The summed E-state index contributed by atoms with van der Waals surface area (Å²) in [5.41, 5.74) is -0.657. The molecule has 0 spiro atoms. The van der Waals surface area contributed by atoms with Crippen molar-refractivity contribution >= 4 is 17.6 Å². The Bertz CT molecular complexity index is 436. The first-order chi connectivity index (χ1) is 7.40. The van der Waals surface area contributed by atoms with Gasteiger partial charge in [0.15, 0.2) is 23.5 Å². The van der Waals surface area contributed by atoms with E-state index in [1.54, 1.807) is 0 Å².